The van der Waals surface area contributed by atoms with E-state index < -0.39 is 68.4 Å². The van der Waals surface area contributed by atoms with Crippen LogP contribution in [-0.4, -0.2) is 80.8 Å². The summed E-state index contributed by atoms with van der Waals surface area (Å²) in [6.07, 6.45) is -4.41. The number of ether oxygens (including phenoxy) is 4. The molecular weight excluding hydrogens is 653 g/mol. The standard InChI is InChI=1S/C34H50FN5O8Si/c1-31(2,3)46-29(42)40(30(43)47-32(4,5)6)28-37-25-23(26(38-28)44-19-21-16-14-13-15-17-21)36-20-39(25)27-34(10,35)24(22(18-41)45-27)48-49(11,12)33(7,8)9/h13-17,20,22,24,27,41H,18-19H2,1-12H3/t22-,24-,27-,34-/m1/s1. The Kier molecular flexibility index (Phi) is 10.6. The second kappa shape index (κ2) is 13.6. The van der Waals surface area contributed by atoms with Gasteiger partial charge in [-0.25, -0.2) is 19.0 Å². The average molecular weight is 704 g/mol. The Morgan fingerprint density at radius 2 is 1.57 bits per heavy atom. The van der Waals surface area contributed by atoms with Crippen LogP contribution in [0.4, 0.5) is 19.9 Å². The Hall–Kier alpha value is -3.66. The summed E-state index contributed by atoms with van der Waals surface area (Å²) in [5.41, 5.74) is -3.28. The monoisotopic (exact) mass is 703 g/mol. The summed E-state index contributed by atoms with van der Waals surface area (Å²) in [6.45, 7) is 20.9. The molecule has 3 heterocycles. The lowest BCUT2D eigenvalue weighted by Crippen LogP contribution is -2.52. The van der Waals surface area contributed by atoms with Crippen LogP contribution in [0, 0.1) is 0 Å². The number of imide groups is 1. The minimum Gasteiger partial charge on any atom is -0.471 e. The van der Waals surface area contributed by atoms with E-state index in [2.05, 4.69) is 15.0 Å². The van der Waals surface area contributed by atoms with Gasteiger partial charge in [0.2, 0.25) is 11.8 Å². The molecule has 0 spiro atoms. The third-order valence-corrected chi connectivity index (χ3v) is 12.7. The van der Waals surface area contributed by atoms with Crippen molar-refractivity contribution in [2.24, 2.45) is 0 Å². The fourth-order valence-electron chi connectivity index (χ4n) is 4.87. The number of aliphatic hydroxyl groups is 1. The number of nitrogens with zero attached hydrogens (tertiary/aromatic N) is 5. The predicted molar refractivity (Wildman–Crippen MR) is 184 cm³/mol. The Morgan fingerprint density at radius 1 is 1.00 bits per heavy atom. The van der Waals surface area contributed by atoms with Gasteiger partial charge in [-0.1, -0.05) is 51.1 Å². The summed E-state index contributed by atoms with van der Waals surface area (Å²) < 4.78 is 48.3. The van der Waals surface area contributed by atoms with Crippen molar-refractivity contribution in [1.82, 2.24) is 19.5 Å². The third-order valence-electron chi connectivity index (χ3n) is 8.29. The van der Waals surface area contributed by atoms with Crippen molar-refractivity contribution >= 4 is 37.6 Å². The molecule has 1 aliphatic rings. The Labute approximate surface area is 288 Å². The van der Waals surface area contributed by atoms with Crippen molar-refractivity contribution in [3.05, 3.63) is 42.2 Å². The molecule has 0 unspecified atom stereocenters. The van der Waals surface area contributed by atoms with Crippen LogP contribution < -0.4 is 9.64 Å². The van der Waals surface area contributed by atoms with Crippen LogP contribution in [0.5, 0.6) is 5.88 Å². The molecule has 13 nitrogen and oxygen atoms in total. The molecule has 15 heteroatoms. The Bertz CT molecular complexity index is 1620. The third kappa shape index (κ3) is 8.56. The van der Waals surface area contributed by atoms with Crippen molar-refractivity contribution in [2.75, 3.05) is 11.5 Å². The molecule has 0 saturated carbocycles. The second-order valence-corrected chi connectivity index (χ2v) is 20.6. The van der Waals surface area contributed by atoms with Crippen molar-refractivity contribution < 1.29 is 42.5 Å². The maximum atomic E-state index is 17.1. The van der Waals surface area contributed by atoms with Crippen molar-refractivity contribution in [3.63, 3.8) is 0 Å². The number of aliphatic hydroxyl groups excluding tert-OH is 1. The lowest BCUT2D eigenvalue weighted by atomic mass is 9.98. The first-order valence-electron chi connectivity index (χ1n) is 16.3. The van der Waals surface area contributed by atoms with Crippen molar-refractivity contribution in [1.29, 1.82) is 0 Å². The molecule has 270 valence electrons. The fourth-order valence-corrected chi connectivity index (χ4v) is 6.24. The topological polar surface area (TPSA) is 147 Å². The van der Waals surface area contributed by atoms with Gasteiger partial charge in [-0.15, -0.1) is 4.90 Å². The number of anilines is 1. The smallest absolute Gasteiger partial charge is 0.427 e. The Balaban J connectivity index is 1.89. The van der Waals surface area contributed by atoms with Gasteiger partial charge >= 0.3 is 12.2 Å². The highest BCUT2D eigenvalue weighted by Crippen LogP contribution is 2.48. The van der Waals surface area contributed by atoms with Gasteiger partial charge in [0.15, 0.2) is 31.4 Å². The van der Waals surface area contributed by atoms with E-state index in [4.69, 9.17) is 23.4 Å². The SMILES string of the molecule is CC(C)(C)OC(=O)N(C(=O)OC(C)(C)C)c1nc(OCc2ccccc2)c2ncn([C@@H]3O[C@H](CO)[C@@H](O[Si](C)(C)C(C)(C)C)[C@@]3(C)F)c2n1. The highest BCUT2D eigenvalue weighted by Gasteiger charge is 2.59. The first-order chi connectivity index (χ1) is 22.4. The first kappa shape index (κ1) is 38.1. The average Bonchev–Trinajstić information content (AvgIpc) is 3.47. The van der Waals surface area contributed by atoms with Crippen LogP contribution in [0.3, 0.4) is 0 Å². The number of halogens is 1. The van der Waals surface area contributed by atoms with Gasteiger partial charge in [-0.05, 0) is 72.2 Å². The number of hydrogen-bond acceptors (Lipinski definition) is 11. The quantitative estimate of drug-likeness (QED) is 0.240. The van der Waals surface area contributed by atoms with Crippen LogP contribution in [0.2, 0.25) is 18.1 Å². The van der Waals surface area contributed by atoms with E-state index in [-0.39, 0.29) is 28.7 Å². The molecule has 3 aromatic rings. The van der Waals surface area contributed by atoms with Gasteiger partial charge < -0.3 is 28.5 Å². The van der Waals surface area contributed by atoms with Gasteiger partial charge in [0, 0.05) is 0 Å². The molecule has 4 atom stereocenters. The largest absolute Gasteiger partial charge is 0.471 e. The van der Waals surface area contributed by atoms with Crippen LogP contribution in [0.25, 0.3) is 11.2 Å². The van der Waals surface area contributed by atoms with E-state index in [0.29, 0.717) is 4.90 Å². The van der Waals surface area contributed by atoms with Gasteiger partial charge in [-0.3, -0.25) is 4.57 Å². The van der Waals surface area contributed by atoms with Gasteiger partial charge in [0.25, 0.3) is 0 Å². The molecule has 0 radical (unpaired) electrons. The minimum atomic E-state index is -2.54. The Morgan fingerprint density at radius 3 is 2.08 bits per heavy atom. The van der Waals surface area contributed by atoms with E-state index in [1.165, 1.54) is 17.8 Å². The number of carbonyl (C=O) groups excluding carboxylic acids is 2. The molecule has 0 aliphatic carbocycles. The number of imidazole rings is 1. The van der Waals surface area contributed by atoms with E-state index in [1.807, 2.05) is 64.2 Å². The zero-order valence-corrected chi connectivity index (χ0v) is 31.5. The van der Waals surface area contributed by atoms with Gasteiger partial charge in [-0.2, -0.15) is 9.97 Å². The zero-order valence-electron chi connectivity index (χ0n) is 30.5. The number of amides is 2. The maximum absolute atomic E-state index is 17.1. The molecule has 49 heavy (non-hydrogen) atoms. The molecule has 4 rings (SSSR count). The van der Waals surface area contributed by atoms with E-state index in [1.54, 1.807) is 41.5 Å². The zero-order chi connectivity index (χ0) is 36.7. The fraction of sp³-hybridized carbons (Fsp3) is 0.618. The number of rotatable bonds is 8. The molecule has 0 bridgehead atoms. The van der Waals surface area contributed by atoms with E-state index >= 15 is 4.39 Å². The normalized spacial score (nSPS) is 21.9. The van der Waals surface area contributed by atoms with Crippen LogP contribution in [0.15, 0.2) is 36.7 Å². The summed E-state index contributed by atoms with van der Waals surface area (Å²) in [5.74, 6) is -0.543. The second-order valence-electron chi connectivity index (χ2n) is 15.9. The lowest BCUT2D eigenvalue weighted by molar-refractivity contribution is -0.0566. The summed E-state index contributed by atoms with van der Waals surface area (Å²) >= 11 is 0. The van der Waals surface area contributed by atoms with Crippen LogP contribution >= 0.6 is 0 Å². The van der Waals surface area contributed by atoms with Crippen LogP contribution in [0.1, 0.15) is 81.0 Å². The predicted octanol–water partition coefficient (Wildman–Crippen LogP) is 7.09. The number of carbonyl (C=O) groups is 2. The number of hydrogen-bond donors (Lipinski definition) is 1. The summed E-state index contributed by atoms with van der Waals surface area (Å²) in [4.78, 5) is 41.1. The molecule has 1 fully saturated rings. The van der Waals surface area contributed by atoms with E-state index in [0.717, 1.165) is 5.56 Å². The molecule has 1 N–H and O–H groups in total. The molecule has 1 saturated heterocycles. The number of alkyl halides is 1. The highest BCUT2D eigenvalue weighted by atomic mass is 28.4. The van der Waals surface area contributed by atoms with Gasteiger partial charge in [0.05, 0.1) is 12.9 Å². The van der Waals surface area contributed by atoms with Crippen molar-refractivity contribution in [2.45, 2.75) is 129 Å². The van der Waals surface area contributed by atoms with Crippen LogP contribution in [-0.2, 0) is 25.2 Å². The number of benzene rings is 1. The lowest BCUT2D eigenvalue weighted by Gasteiger charge is -2.41. The number of aromatic nitrogens is 4. The number of fused-ring (bicyclic) bond motifs is 1. The summed E-state index contributed by atoms with van der Waals surface area (Å²) in [7, 11) is -2.54. The molecule has 1 aliphatic heterocycles. The molecule has 2 amide bonds. The summed E-state index contributed by atoms with van der Waals surface area (Å²) in [6, 6.07) is 9.26. The minimum absolute atomic E-state index is 0.0104. The van der Waals surface area contributed by atoms with E-state index in [9.17, 15) is 14.7 Å². The molecule has 1 aromatic carbocycles. The van der Waals surface area contributed by atoms with Crippen molar-refractivity contribution in [3.8, 4) is 5.88 Å². The van der Waals surface area contributed by atoms with Gasteiger partial charge in [0.1, 0.15) is 30.0 Å². The molecular formula is C34H50FN5O8Si. The maximum Gasteiger partial charge on any atom is 0.427 e. The first-order valence-corrected chi connectivity index (χ1v) is 19.2. The summed E-state index contributed by atoms with van der Waals surface area (Å²) in [5, 5.41) is 10.1. The highest BCUT2D eigenvalue weighted by molar-refractivity contribution is 6.74. The molecule has 2 aromatic heterocycles.